The molecule has 0 bridgehead atoms. The number of aromatic nitrogens is 2. The van der Waals surface area contributed by atoms with Gasteiger partial charge in [0.05, 0.1) is 6.54 Å². The van der Waals surface area contributed by atoms with Crippen molar-refractivity contribution in [1.82, 2.24) is 15.3 Å². The first-order valence-electron chi connectivity index (χ1n) is 4.30. The Morgan fingerprint density at radius 1 is 1.46 bits per heavy atom. The zero-order valence-electron chi connectivity index (χ0n) is 7.22. The summed E-state index contributed by atoms with van der Waals surface area (Å²) in [5, 5.41) is 12.3. The fourth-order valence-electron chi connectivity index (χ4n) is 1.37. The highest BCUT2D eigenvalue weighted by atomic mass is 16.3. The third-order valence-electron chi connectivity index (χ3n) is 1.99. The van der Waals surface area contributed by atoms with Crippen LogP contribution in [0.15, 0.2) is 18.5 Å². The molecule has 0 radical (unpaired) electrons. The third kappa shape index (κ3) is 1.93. The number of rotatable bonds is 1. The molecule has 0 aliphatic carbocycles. The van der Waals surface area contributed by atoms with E-state index in [1.54, 1.807) is 18.5 Å². The first-order chi connectivity index (χ1) is 6.36. The number of hydrogen-bond donors (Lipinski definition) is 2. The largest absolute Gasteiger partial charge is 0.377 e. The van der Waals surface area contributed by atoms with Crippen LogP contribution in [0.25, 0.3) is 0 Å². The molecule has 1 aliphatic rings. The molecule has 1 aromatic heterocycles. The van der Waals surface area contributed by atoms with Gasteiger partial charge >= 0.3 is 0 Å². The van der Waals surface area contributed by atoms with Crippen LogP contribution in [0.2, 0.25) is 0 Å². The molecule has 13 heavy (non-hydrogen) atoms. The number of nitrogens with one attached hydrogen (secondary N) is 1. The molecule has 5 nitrogen and oxygen atoms in total. The Labute approximate surface area is 76.4 Å². The number of aliphatic hydroxyl groups is 1. The molecule has 1 atom stereocenters. The van der Waals surface area contributed by atoms with E-state index in [1.807, 2.05) is 4.90 Å². The second-order valence-electron chi connectivity index (χ2n) is 2.96. The average Bonchev–Trinajstić information content (AvgIpc) is 2.19. The quantitative estimate of drug-likeness (QED) is 0.592. The number of hydrogen-bond acceptors (Lipinski definition) is 5. The molecule has 1 aromatic rings. The monoisotopic (exact) mass is 180 g/mol. The molecule has 5 heteroatoms. The lowest BCUT2D eigenvalue weighted by molar-refractivity contribution is 0.130. The number of aliphatic hydroxyl groups excluding tert-OH is 1. The molecule has 0 spiro atoms. The summed E-state index contributed by atoms with van der Waals surface area (Å²) < 4.78 is 0. The standard InChI is InChI=1S/C8H12N4O/c13-7-6-12(5-4-9-7)8-10-2-1-3-11-8/h1-3,7,9,13H,4-6H2. The van der Waals surface area contributed by atoms with E-state index in [2.05, 4.69) is 15.3 Å². The maximum atomic E-state index is 9.33. The van der Waals surface area contributed by atoms with Gasteiger partial charge in [0.1, 0.15) is 6.23 Å². The van der Waals surface area contributed by atoms with Crippen molar-refractivity contribution in [2.24, 2.45) is 0 Å². The highest BCUT2D eigenvalue weighted by molar-refractivity contribution is 5.29. The van der Waals surface area contributed by atoms with Crippen LogP contribution in [0.4, 0.5) is 5.95 Å². The minimum Gasteiger partial charge on any atom is -0.377 e. The van der Waals surface area contributed by atoms with Crippen molar-refractivity contribution >= 4 is 5.95 Å². The van der Waals surface area contributed by atoms with Gasteiger partial charge in [-0.05, 0) is 6.07 Å². The highest BCUT2D eigenvalue weighted by Gasteiger charge is 2.18. The van der Waals surface area contributed by atoms with Crippen molar-refractivity contribution in [3.8, 4) is 0 Å². The Bertz CT molecular complexity index is 266. The summed E-state index contributed by atoms with van der Waals surface area (Å²) in [6, 6.07) is 1.78. The van der Waals surface area contributed by atoms with E-state index in [0.717, 1.165) is 13.1 Å². The van der Waals surface area contributed by atoms with E-state index in [9.17, 15) is 5.11 Å². The fourth-order valence-corrected chi connectivity index (χ4v) is 1.37. The average molecular weight is 180 g/mol. The van der Waals surface area contributed by atoms with Gasteiger partial charge in [-0.15, -0.1) is 0 Å². The Kier molecular flexibility index (Phi) is 2.37. The van der Waals surface area contributed by atoms with Crippen molar-refractivity contribution in [3.63, 3.8) is 0 Å². The van der Waals surface area contributed by atoms with Crippen molar-refractivity contribution in [1.29, 1.82) is 0 Å². The smallest absolute Gasteiger partial charge is 0.225 e. The van der Waals surface area contributed by atoms with Crippen LogP contribution < -0.4 is 10.2 Å². The SMILES string of the molecule is OC1CN(c2ncccn2)CCN1. The first kappa shape index (κ1) is 8.40. The van der Waals surface area contributed by atoms with Crippen LogP contribution in [-0.4, -0.2) is 40.9 Å². The van der Waals surface area contributed by atoms with Crippen LogP contribution >= 0.6 is 0 Å². The Hall–Kier alpha value is -1.20. The summed E-state index contributed by atoms with van der Waals surface area (Å²) in [6.45, 7) is 2.14. The lowest BCUT2D eigenvalue weighted by atomic mass is 10.3. The van der Waals surface area contributed by atoms with Gasteiger partial charge < -0.3 is 10.0 Å². The maximum Gasteiger partial charge on any atom is 0.225 e. The first-order valence-corrected chi connectivity index (χ1v) is 4.30. The molecule has 2 heterocycles. The van der Waals surface area contributed by atoms with Crippen molar-refractivity contribution in [3.05, 3.63) is 18.5 Å². The normalized spacial score (nSPS) is 23.2. The van der Waals surface area contributed by atoms with Crippen molar-refractivity contribution < 1.29 is 5.11 Å². The second-order valence-corrected chi connectivity index (χ2v) is 2.96. The highest BCUT2D eigenvalue weighted by Crippen LogP contribution is 2.06. The van der Waals surface area contributed by atoms with Gasteiger partial charge in [0, 0.05) is 25.5 Å². The molecule has 1 unspecified atom stereocenters. The van der Waals surface area contributed by atoms with Crippen LogP contribution in [0.5, 0.6) is 0 Å². The zero-order chi connectivity index (χ0) is 9.10. The van der Waals surface area contributed by atoms with Gasteiger partial charge in [-0.2, -0.15) is 0 Å². The van der Waals surface area contributed by atoms with Crippen molar-refractivity contribution in [2.45, 2.75) is 6.23 Å². The van der Waals surface area contributed by atoms with E-state index in [1.165, 1.54) is 0 Å². The van der Waals surface area contributed by atoms with Crippen LogP contribution in [-0.2, 0) is 0 Å². The molecule has 70 valence electrons. The lowest BCUT2D eigenvalue weighted by Gasteiger charge is -2.30. The lowest BCUT2D eigenvalue weighted by Crippen LogP contribution is -2.51. The Balaban J connectivity index is 2.08. The van der Waals surface area contributed by atoms with E-state index >= 15 is 0 Å². The summed E-state index contributed by atoms with van der Waals surface area (Å²) in [5.74, 6) is 0.683. The van der Waals surface area contributed by atoms with Gasteiger partial charge in [0.2, 0.25) is 5.95 Å². The third-order valence-corrected chi connectivity index (χ3v) is 1.99. The minimum absolute atomic E-state index is 0.474. The molecule has 1 aliphatic heterocycles. The molecule has 2 N–H and O–H groups in total. The molecular formula is C8H12N4O. The second kappa shape index (κ2) is 3.68. The van der Waals surface area contributed by atoms with E-state index in [-0.39, 0.29) is 0 Å². The molecule has 0 saturated carbocycles. The van der Waals surface area contributed by atoms with Gasteiger partial charge in [0.15, 0.2) is 0 Å². The Morgan fingerprint density at radius 3 is 2.92 bits per heavy atom. The number of anilines is 1. The summed E-state index contributed by atoms with van der Waals surface area (Å²) in [6.07, 6.45) is 2.94. The maximum absolute atomic E-state index is 9.33. The summed E-state index contributed by atoms with van der Waals surface area (Å²) in [7, 11) is 0. The molecule has 2 rings (SSSR count). The number of β-amino-alcohol motifs (C(OH)–C–C–N with tert-alkyl or cyclic N) is 1. The van der Waals surface area contributed by atoms with E-state index in [4.69, 9.17) is 0 Å². The van der Waals surface area contributed by atoms with E-state index in [0.29, 0.717) is 12.5 Å². The molecule has 1 fully saturated rings. The summed E-state index contributed by atoms with van der Waals surface area (Å²) >= 11 is 0. The zero-order valence-corrected chi connectivity index (χ0v) is 7.22. The topological polar surface area (TPSA) is 61.3 Å². The minimum atomic E-state index is -0.474. The molecule has 0 amide bonds. The van der Waals surface area contributed by atoms with Gasteiger partial charge in [0.25, 0.3) is 0 Å². The Morgan fingerprint density at radius 2 is 2.23 bits per heavy atom. The predicted molar refractivity (Wildman–Crippen MR) is 48.3 cm³/mol. The molecular weight excluding hydrogens is 168 g/mol. The molecule has 0 aromatic carbocycles. The van der Waals surface area contributed by atoms with Crippen molar-refractivity contribution in [2.75, 3.05) is 24.5 Å². The van der Waals surface area contributed by atoms with Crippen LogP contribution in [0, 0.1) is 0 Å². The van der Waals surface area contributed by atoms with Gasteiger partial charge in [-0.25, -0.2) is 9.97 Å². The number of piperazine rings is 1. The van der Waals surface area contributed by atoms with E-state index < -0.39 is 6.23 Å². The molecule has 1 saturated heterocycles. The van der Waals surface area contributed by atoms with Crippen LogP contribution in [0.1, 0.15) is 0 Å². The number of nitrogens with zero attached hydrogens (tertiary/aromatic N) is 3. The van der Waals surface area contributed by atoms with Gasteiger partial charge in [-0.3, -0.25) is 5.32 Å². The summed E-state index contributed by atoms with van der Waals surface area (Å²) in [5.41, 5.74) is 0. The summed E-state index contributed by atoms with van der Waals surface area (Å²) in [4.78, 5) is 10.2. The predicted octanol–water partition coefficient (Wildman–Crippen LogP) is -0.795. The fraction of sp³-hybridized carbons (Fsp3) is 0.500. The van der Waals surface area contributed by atoms with Gasteiger partial charge in [-0.1, -0.05) is 0 Å². The van der Waals surface area contributed by atoms with Crippen LogP contribution in [0.3, 0.4) is 0 Å².